The molecule has 0 bridgehead atoms. The molecule has 2 rings (SSSR count). The molecule has 1 aromatic rings. The van der Waals surface area contributed by atoms with Crippen molar-refractivity contribution in [2.45, 2.75) is 4.90 Å². The monoisotopic (exact) mass is 176 g/mol. The largest absolute Gasteiger partial charge is 0.249 e. The van der Waals surface area contributed by atoms with Crippen molar-refractivity contribution in [3.8, 4) is 0 Å². The lowest BCUT2D eigenvalue weighted by molar-refractivity contribution is 0.688. The molecule has 0 N–H and O–H groups in total. The van der Waals surface area contributed by atoms with Gasteiger partial charge in [-0.1, -0.05) is 30.9 Å². The fourth-order valence-corrected chi connectivity index (χ4v) is 2.42. The highest BCUT2D eigenvalue weighted by Gasteiger charge is 2.17. The van der Waals surface area contributed by atoms with Crippen LogP contribution in [0.4, 0.5) is 0 Å². The second kappa shape index (κ2) is 2.72. The maximum Gasteiger partial charge on any atom is 0.0855 e. The van der Waals surface area contributed by atoms with Crippen LogP contribution in [0.25, 0.3) is 6.08 Å². The molecule has 0 radical (unpaired) electrons. The number of allylic oxidation sites excluding steroid dienone is 1. The molecule has 1 aromatic carbocycles. The van der Waals surface area contributed by atoms with E-state index < -0.39 is 10.8 Å². The molecule has 0 amide bonds. The molecule has 1 aliphatic rings. The number of hydrogen-bond donors (Lipinski definition) is 0. The smallest absolute Gasteiger partial charge is 0.0855 e. The molecule has 12 heavy (non-hydrogen) atoms. The third-order valence-electron chi connectivity index (χ3n) is 1.83. The molecular formula is C10H8OS. The van der Waals surface area contributed by atoms with E-state index in [4.69, 9.17) is 0 Å². The summed E-state index contributed by atoms with van der Waals surface area (Å²) in [6.07, 6.45) is 3.56. The summed E-state index contributed by atoms with van der Waals surface area (Å²) in [5.41, 5.74) is 1.05. The number of rotatable bonds is 1. The summed E-state index contributed by atoms with van der Waals surface area (Å²) in [7, 11) is -0.993. The molecule has 0 saturated carbocycles. The molecular weight excluding hydrogens is 168 g/mol. The topological polar surface area (TPSA) is 17.1 Å². The first-order chi connectivity index (χ1) is 5.83. The van der Waals surface area contributed by atoms with E-state index in [1.165, 1.54) is 0 Å². The van der Waals surface area contributed by atoms with Gasteiger partial charge in [0, 0.05) is 4.91 Å². The van der Waals surface area contributed by atoms with Crippen molar-refractivity contribution in [1.29, 1.82) is 0 Å². The van der Waals surface area contributed by atoms with Crippen molar-refractivity contribution in [3.63, 3.8) is 0 Å². The zero-order chi connectivity index (χ0) is 8.55. The molecule has 1 nitrogen and oxygen atoms in total. The van der Waals surface area contributed by atoms with Gasteiger partial charge in [-0.25, -0.2) is 4.21 Å². The molecule has 0 saturated heterocycles. The Bertz CT molecular complexity index is 391. The standard InChI is InChI=1S/C10H8OS/c1-2-9-7-8-5-3-4-6-10(8)12(9)11/h2-7H,1H2. The highest BCUT2D eigenvalue weighted by Crippen LogP contribution is 2.29. The van der Waals surface area contributed by atoms with Crippen LogP contribution in [0.3, 0.4) is 0 Å². The van der Waals surface area contributed by atoms with E-state index in [9.17, 15) is 4.21 Å². The van der Waals surface area contributed by atoms with Gasteiger partial charge in [0.25, 0.3) is 0 Å². The zero-order valence-corrected chi connectivity index (χ0v) is 7.30. The first kappa shape index (κ1) is 7.50. The number of hydrogen-bond acceptors (Lipinski definition) is 1. The third kappa shape index (κ3) is 0.959. The van der Waals surface area contributed by atoms with E-state index in [-0.39, 0.29) is 0 Å². The van der Waals surface area contributed by atoms with Crippen LogP contribution in [0, 0.1) is 0 Å². The molecule has 0 fully saturated rings. The Morgan fingerprint density at radius 3 is 2.75 bits per heavy atom. The van der Waals surface area contributed by atoms with Crippen LogP contribution >= 0.6 is 0 Å². The molecule has 60 valence electrons. The Hall–Kier alpha value is -1.15. The van der Waals surface area contributed by atoms with Gasteiger partial charge in [0.2, 0.25) is 0 Å². The second-order valence-electron chi connectivity index (χ2n) is 2.56. The van der Waals surface area contributed by atoms with Crippen molar-refractivity contribution in [3.05, 3.63) is 47.4 Å². The van der Waals surface area contributed by atoms with Gasteiger partial charge in [0.1, 0.15) is 0 Å². The summed E-state index contributed by atoms with van der Waals surface area (Å²) in [5.74, 6) is 0. The number of benzene rings is 1. The van der Waals surface area contributed by atoms with Crippen LogP contribution in [-0.4, -0.2) is 4.21 Å². The first-order valence-corrected chi connectivity index (χ1v) is 4.83. The second-order valence-corrected chi connectivity index (χ2v) is 4.01. The van der Waals surface area contributed by atoms with Gasteiger partial charge in [0.15, 0.2) is 0 Å². The van der Waals surface area contributed by atoms with Crippen LogP contribution in [0.5, 0.6) is 0 Å². The lowest BCUT2D eigenvalue weighted by Gasteiger charge is -1.94. The summed E-state index contributed by atoms with van der Waals surface area (Å²) < 4.78 is 11.6. The average Bonchev–Trinajstić information content (AvgIpc) is 2.44. The third-order valence-corrected chi connectivity index (χ3v) is 3.32. The van der Waals surface area contributed by atoms with E-state index in [2.05, 4.69) is 6.58 Å². The predicted octanol–water partition coefficient (Wildman–Crippen LogP) is 2.33. The SMILES string of the molecule is C=CC1=Cc2ccccc2S1=O. The van der Waals surface area contributed by atoms with E-state index in [1.807, 2.05) is 30.3 Å². The van der Waals surface area contributed by atoms with Gasteiger partial charge in [0.05, 0.1) is 15.7 Å². The lowest BCUT2D eigenvalue weighted by Crippen LogP contribution is -1.86. The summed E-state index contributed by atoms with van der Waals surface area (Å²) >= 11 is 0. The summed E-state index contributed by atoms with van der Waals surface area (Å²) in [6, 6.07) is 7.69. The van der Waals surface area contributed by atoms with Crippen LogP contribution < -0.4 is 0 Å². The first-order valence-electron chi connectivity index (χ1n) is 3.68. The van der Waals surface area contributed by atoms with E-state index in [1.54, 1.807) is 6.08 Å². The minimum atomic E-state index is -0.993. The molecule has 0 aromatic heterocycles. The predicted molar refractivity (Wildman–Crippen MR) is 51.0 cm³/mol. The van der Waals surface area contributed by atoms with Crippen molar-refractivity contribution >= 4 is 16.9 Å². The van der Waals surface area contributed by atoms with Crippen molar-refractivity contribution < 1.29 is 4.21 Å². The summed E-state index contributed by atoms with van der Waals surface area (Å²) in [4.78, 5) is 1.70. The van der Waals surface area contributed by atoms with Crippen LogP contribution in [0.15, 0.2) is 46.7 Å². The van der Waals surface area contributed by atoms with E-state index in [0.29, 0.717) is 0 Å². The molecule has 0 spiro atoms. The molecule has 0 aliphatic carbocycles. The normalized spacial score (nSPS) is 20.0. The maximum atomic E-state index is 11.6. The van der Waals surface area contributed by atoms with Gasteiger partial charge in [-0.05, 0) is 17.7 Å². The lowest BCUT2D eigenvalue weighted by atomic mass is 10.2. The highest BCUT2D eigenvalue weighted by atomic mass is 32.2. The molecule has 1 unspecified atom stereocenters. The Balaban J connectivity index is 2.61. The Morgan fingerprint density at radius 2 is 2.08 bits per heavy atom. The molecule has 1 atom stereocenters. The fraction of sp³-hybridized carbons (Fsp3) is 0. The Kier molecular flexibility index (Phi) is 1.70. The van der Waals surface area contributed by atoms with Crippen LogP contribution in [0.1, 0.15) is 5.56 Å². The minimum absolute atomic E-state index is 0.802. The van der Waals surface area contributed by atoms with Gasteiger partial charge in [-0.2, -0.15) is 0 Å². The molecule has 1 aliphatic heterocycles. The minimum Gasteiger partial charge on any atom is -0.249 e. The van der Waals surface area contributed by atoms with E-state index in [0.717, 1.165) is 15.4 Å². The van der Waals surface area contributed by atoms with Crippen LogP contribution in [-0.2, 0) is 10.8 Å². The zero-order valence-electron chi connectivity index (χ0n) is 6.49. The summed E-state index contributed by atoms with van der Waals surface area (Å²) in [5, 5.41) is 0. The van der Waals surface area contributed by atoms with Crippen molar-refractivity contribution in [2.75, 3.05) is 0 Å². The van der Waals surface area contributed by atoms with Crippen molar-refractivity contribution in [2.24, 2.45) is 0 Å². The van der Waals surface area contributed by atoms with Gasteiger partial charge < -0.3 is 0 Å². The molecule has 1 heterocycles. The van der Waals surface area contributed by atoms with E-state index >= 15 is 0 Å². The molecule has 2 heteroatoms. The quantitative estimate of drug-likeness (QED) is 0.642. The Labute approximate surface area is 73.9 Å². The average molecular weight is 176 g/mol. The Morgan fingerprint density at radius 1 is 1.33 bits per heavy atom. The highest BCUT2D eigenvalue weighted by molar-refractivity contribution is 7.89. The van der Waals surface area contributed by atoms with Gasteiger partial charge in [-0.3, -0.25) is 0 Å². The van der Waals surface area contributed by atoms with Gasteiger partial charge in [-0.15, -0.1) is 0 Å². The fourth-order valence-electron chi connectivity index (χ4n) is 1.24. The van der Waals surface area contributed by atoms with Crippen LogP contribution in [0.2, 0.25) is 0 Å². The van der Waals surface area contributed by atoms with Crippen molar-refractivity contribution in [1.82, 2.24) is 0 Å². The number of fused-ring (bicyclic) bond motifs is 1. The maximum absolute atomic E-state index is 11.6. The summed E-state index contributed by atoms with van der Waals surface area (Å²) in [6.45, 7) is 3.61. The van der Waals surface area contributed by atoms with Gasteiger partial charge >= 0.3 is 0 Å².